The smallest absolute Gasteiger partial charge is 0.287 e. The molecule has 0 radical (unpaired) electrons. The van der Waals surface area contributed by atoms with Crippen LogP contribution in [0.15, 0.2) is 18.3 Å². The van der Waals surface area contributed by atoms with Crippen molar-refractivity contribution in [2.75, 3.05) is 11.9 Å². The van der Waals surface area contributed by atoms with Gasteiger partial charge in [0.25, 0.3) is 5.69 Å². The minimum Gasteiger partial charge on any atom is -0.362 e. The maximum absolute atomic E-state index is 10.4. The molecule has 1 heterocycles. The Kier molecular flexibility index (Phi) is 5.28. The number of pyridine rings is 1. The van der Waals surface area contributed by atoms with Crippen LogP contribution in [0.2, 0.25) is 0 Å². The monoisotopic (exact) mass is 254 g/mol. The molecular weight excluding hydrogens is 240 g/mol. The van der Waals surface area contributed by atoms with E-state index in [4.69, 9.17) is 12.2 Å². The van der Waals surface area contributed by atoms with E-state index in [-0.39, 0.29) is 5.69 Å². The van der Waals surface area contributed by atoms with E-state index in [2.05, 4.69) is 22.5 Å². The second-order valence-corrected chi connectivity index (χ2v) is 3.80. The molecule has 0 aliphatic rings. The zero-order chi connectivity index (χ0) is 12.7. The lowest BCUT2D eigenvalue weighted by Crippen LogP contribution is -2.29. The number of unbranched alkanes of at least 4 members (excludes halogenated alkanes) is 1. The largest absolute Gasteiger partial charge is 0.362 e. The summed E-state index contributed by atoms with van der Waals surface area (Å²) in [5, 5.41) is 16.8. The van der Waals surface area contributed by atoms with Crippen molar-refractivity contribution < 1.29 is 4.92 Å². The van der Waals surface area contributed by atoms with Gasteiger partial charge in [0.15, 0.2) is 5.11 Å². The Morgan fingerprint density at radius 3 is 2.88 bits per heavy atom. The highest BCUT2D eigenvalue weighted by molar-refractivity contribution is 7.80. The van der Waals surface area contributed by atoms with Gasteiger partial charge in [0, 0.05) is 12.6 Å². The third-order valence-corrected chi connectivity index (χ3v) is 2.26. The molecule has 1 aromatic rings. The average molecular weight is 254 g/mol. The van der Waals surface area contributed by atoms with Crippen molar-refractivity contribution in [1.29, 1.82) is 0 Å². The Morgan fingerprint density at radius 2 is 2.35 bits per heavy atom. The molecule has 0 saturated carbocycles. The van der Waals surface area contributed by atoms with Gasteiger partial charge >= 0.3 is 0 Å². The summed E-state index contributed by atoms with van der Waals surface area (Å²) in [4.78, 5) is 13.8. The molecule has 0 aromatic carbocycles. The van der Waals surface area contributed by atoms with Crippen LogP contribution >= 0.6 is 12.2 Å². The van der Waals surface area contributed by atoms with Crippen LogP contribution in [0.1, 0.15) is 19.8 Å². The average Bonchev–Trinajstić information content (AvgIpc) is 2.30. The molecule has 6 nitrogen and oxygen atoms in total. The fourth-order valence-electron chi connectivity index (χ4n) is 1.11. The first kappa shape index (κ1) is 13.3. The third-order valence-electron chi connectivity index (χ3n) is 2.02. The Hall–Kier alpha value is -1.76. The third kappa shape index (κ3) is 4.73. The van der Waals surface area contributed by atoms with Crippen molar-refractivity contribution in [2.45, 2.75) is 19.8 Å². The quantitative estimate of drug-likeness (QED) is 0.362. The normalized spacial score (nSPS) is 9.71. The van der Waals surface area contributed by atoms with Crippen LogP contribution in [0.5, 0.6) is 0 Å². The topological polar surface area (TPSA) is 80.1 Å². The molecule has 2 N–H and O–H groups in total. The van der Waals surface area contributed by atoms with Gasteiger partial charge in [-0.2, -0.15) is 0 Å². The highest BCUT2D eigenvalue weighted by Gasteiger charge is 2.05. The van der Waals surface area contributed by atoms with Crippen molar-refractivity contribution in [1.82, 2.24) is 10.3 Å². The van der Waals surface area contributed by atoms with E-state index in [1.807, 2.05) is 0 Å². The summed E-state index contributed by atoms with van der Waals surface area (Å²) in [6.07, 6.45) is 3.32. The van der Waals surface area contributed by atoms with Gasteiger partial charge in [0.05, 0.1) is 4.92 Å². The van der Waals surface area contributed by atoms with Crippen LogP contribution in [0.3, 0.4) is 0 Å². The van der Waals surface area contributed by atoms with Crippen molar-refractivity contribution >= 4 is 28.8 Å². The molecule has 0 bridgehead atoms. The van der Waals surface area contributed by atoms with E-state index in [1.165, 1.54) is 18.3 Å². The summed E-state index contributed by atoms with van der Waals surface area (Å²) in [6.45, 7) is 2.89. The van der Waals surface area contributed by atoms with E-state index in [0.29, 0.717) is 10.9 Å². The van der Waals surface area contributed by atoms with E-state index in [0.717, 1.165) is 19.4 Å². The van der Waals surface area contributed by atoms with Gasteiger partial charge in [-0.05, 0) is 24.7 Å². The second kappa shape index (κ2) is 6.74. The van der Waals surface area contributed by atoms with Crippen LogP contribution in [0, 0.1) is 10.1 Å². The summed E-state index contributed by atoms with van der Waals surface area (Å²) >= 11 is 5.04. The molecule has 0 aliphatic carbocycles. The molecule has 0 spiro atoms. The van der Waals surface area contributed by atoms with Gasteiger partial charge < -0.3 is 10.6 Å². The van der Waals surface area contributed by atoms with Gasteiger partial charge in [-0.3, -0.25) is 10.1 Å². The van der Waals surface area contributed by atoms with Crippen molar-refractivity contribution in [3.8, 4) is 0 Å². The minimum atomic E-state index is -0.491. The van der Waals surface area contributed by atoms with Crippen LogP contribution in [-0.4, -0.2) is 21.6 Å². The summed E-state index contributed by atoms with van der Waals surface area (Å²) in [6, 6.07) is 2.90. The fourth-order valence-corrected chi connectivity index (χ4v) is 1.31. The van der Waals surface area contributed by atoms with E-state index in [9.17, 15) is 10.1 Å². The predicted molar refractivity (Wildman–Crippen MR) is 70.0 cm³/mol. The molecule has 92 valence electrons. The van der Waals surface area contributed by atoms with E-state index in [1.54, 1.807) is 0 Å². The maximum atomic E-state index is 10.4. The number of nitro groups is 1. The van der Waals surface area contributed by atoms with Crippen molar-refractivity contribution in [3.63, 3.8) is 0 Å². The Morgan fingerprint density at radius 1 is 1.59 bits per heavy atom. The summed E-state index contributed by atoms with van der Waals surface area (Å²) in [5.74, 6) is 0.490. The number of hydrogen-bond donors (Lipinski definition) is 2. The lowest BCUT2D eigenvalue weighted by molar-refractivity contribution is -0.385. The van der Waals surface area contributed by atoms with Gasteiger partial charge in [-0.25, -0.2) is 4.98 Å². The summed E-state index contributed by atoms with van der Waals surface area (Å²) in [7, 11) is 0. The predicted octanol–water partition coefficient (Wildman–Crippen LogP) is 2.08. The minimum absolute atomic E-state index is 0.0413. The van der Waals surface area contributed by atoms with E-state index >= 15 is 0 Å². The number of aromatic nitrogens is 1. The summed E-state index contributed by atoms with van der Waals surface area (Å²) in [5.41, 5.74) is -0.0413. The molecule has 7 heteroatoms. The first-order chi connectivity index (χ1) is 8.13. The Balaban J connectivity index is 2.46. The number of nitrogens with zero attached hydrogens (tertiary/aromatic N) is 2. The molecule has 0 saturated heterocycles. The zero-order valence-electron chi connectivity index (χ0n) is 9.47. The number of nitrogens with one attached hydrogen (secondary N) is 2. The van der Waals surface area contributed by atoms with Crippen LogP contribution in [0.4, 0.5) is 11.5 Å². The molecule has 0 unspecified atom stereocenters. The molecule has 0 aliphatic heterocycles. The number of anilines is 1. The zero-order valence-corrected chi connectivity index (χ0v) is 10.3. The highest BCUT2D eigenvalue weighted by Crippen LogP contribution is 2.11. The molecule has 0 atom stereocenters. The number of thiocarbonyl (C=S) groups is 1. The van der Waals surface area contributed by atoms with Gasteiger partial charge in [0.1, 0.15) is 12.0 Å². The van der Waals surface area contributed by atoms with E-state index < -0.39 is 4.92 Å². The Labute approximate surface area is 105 Å². The number of hydrogen-bond acceptors (Lipinski definition) is 4. The summed E-state index contributed by atoms with van der Waals surface area (Å²) < 4.78 is 0. The number of rotatable bonds is 5. The SMILES string of the molecule is CCCCNC(=S)Nc1ccc([N+](=O)[O-])cn1. The van der Waals surface area contributed by atoms with Crippen LogP contribution in [-0.2, 0) is 0 Å². The van der Waals surface area contributed by atoms with Gasteiger partial charge in [0.2, 0.25) is 0 Å². The molecule has 0 amide bonds. The molecule has 0 fully saturated rings. The molecule has 1 aromatic heterocycles. The fraction of sp³-hybridized carbons (Fsp3) is 0.400. The lowest BCUT2D eigenvalue weighted by atomic mass is 10.3. The lowest BCUT2D eigenvalue weighted by Gasteiger charge is -2.08. The Bertz CT molecular complexity index is 394. The van der Waals surface area contributed by atoms with Crippen LogP contribution < -0.4 is 10.6 Å². The first-order valence-electron chi connectivity index (χ1n) is 5.28. The van der Waals surface area contributed by atoms with Crippen LogP contribution in [0.25, 0.3) is 0 Å². The van der Waals surface area contributed by atoms with Gasteiger partial charge in [-0.15, -0.1) is 0 Å². The molecule has 1 rings (SSSR count). The molecule has 17 heavy (non-hydrogen) atoms. The van der Waals surface area contributed by atoms with Gasteiger partial charge in [-0.1, -0.05) is 13.3 Å². The first-order valence-corrected chi connectivity index (χ1v) is 5.69. The maximum Gasteiger partial charge on any atom is 0.287 e. The highest BCUT2D eigenvalue weighted by atomic mass is 32.1. The molecular formula is C10H14N4O2S. The van der Waals surface area contributed by atoms with Crippen molar-refractivity contribution in [2.24, 2.45) is 0 Å². The van der Waals surface area contributed by atoms with Crippen molar-refractivity contribution in [3.05, 3.63) is 28.4 Å². The standard InChI is InChI=1S/C10H14N4O2S/c1-2-3-6-11-10(17)13-9-5-4-8(7-12-9)14(15)16/h4-5,7H,2-3,6H2,1H3,(H2,11,12,13,17). The second-order valence-electron chi connectivity index (χ2n) is 3.39.